The second-order valence-electron chi connectivity index (χ2n) is 4.72. The summed E-state index contributed by atoms with van der Waals surface area (Å²) in [7, 11) is 0. The Hall–Kier alpha value is -1.95. The first kappa shape index (κ1) is 16.1. The second kappa shape index (κ2) is 7.59. The van der Waals surface area contributed by atoms with Gasteiger partial charge in [-0.25, -0.2) is 0 Å². The molecule has 1 aromatic rings. The van der Waals surface area contributed by atoms with Gasteiger partial charge in [0.25, 0.3) is 5.69 Å². The molecule has 0 aliphatic carbocycles. The van der Waals surface area contributed by atoms with Gasteiger partial charge in [-0.1, -0.05) is 32.4 Å². The number of non-ortho nitro benzene ring substituents is 1. The van der Waals surface area contributed by atoms with E-state index in [-0.39, 0.29) is 17.6 Å². The van der Waals surface area contributed by atoms with E-state index in [9.17, 15) is 14.9 Å². The Labute approximate surface area is 118 Å². The fourth-order valence-corrected chi connectivity index (χ4v) is 2.00. The molecule has 0 saturated heterocycles. The lowest BCUT2D eigenvalue weighted by atomic mass is 10.0. The van der Waals surface area contributed by atoms with Crippen LogP contribution < -0.4 is 11.1 Å². The van der Waals surface area contributed by atoms with E-state index >= 15 is 0 Å². The molecule has 6 nitrogen and oxygen atoms in total. The van der Waals surface area contributed by atoms with Gasteiger partial charge in [-0.15, -0.1) is 0 Å². The van der Waals surface area contributed by atoms with Crippen LogP contribution in [0.5, 0.6) is 0 Å². The van der Waals surface area contributed by atoms with E-state index < -0.39 is 11.0 Å². The lowest BCUT2D eigenvalue weighted by Gasteiger charge is -2.20. The Kier molecular flexibility index (Phi) is 6.11. The first-order valence-corrected chi connectivity index (χ1v) is 6.79. The Morgan fingerprint density at radius 3 is 2.70 bits per heavy atom. The summed E-state index contributed by atoms with van der Waals surface area (Å²) in [4.78, 5) is 22.3. The lowest BCUT2D eigenvalue weighted by Crippen LogP contribution is -2.42. The molecule has 0 fully saturated rings. The van der Waals surface area contributed by atoms with Crippen LogP contribution in [0.25, 0.3) is 0 Å². The Morgan fingerprint density at radius 2 is 2.15 bits per heavy atom. The van der Waals surface area contributed by atoms with Gasteiger partial charge in [0.2, 0.25) is 5.91 Å². The van der Waals surface area contributed by atoms with Gasteiger partial charge < -0.3 is 11.1 Å². The molecule has 0 radical (unpaired) electrons. The van der Waals surface area contributed by atoms with Crippen LogP contribution in [-0.4, -0.2) is 16.9 Å². The largest absolute Gasteiger partial charge is 0.348 e. The smallest absolute Gasteiger partial charge is 0.269 e. The molecule has 1 rings (SSSR count). The summed E-state index contributed by atoms with van der Waals surface area (Å²) in [5.74, 6) is -0.217. The summed E-state index contributed by atoms with van der Waals surface area (Å²) in [5.41, 5.74) is 6.51. The standard InChI is InChI=1S/C14H21N3O3/c1-3-6-12(15)14(18)16-13(4-2)10-7-5-8-11(9-10)17(19)20/h5,7-9,12-13H,3-4,6,15H2,1-2H3,(H,16,18). The summed E-state index contributed by atoms with van der Waals surface area (Å²) >= 11 is 0. The first-order chi connectivity index (χ1) is 9.49. The van der Waals surface area contributed by atoms with Crippen molar-refractivity contribution in [2.24, 2.45) is 5.73 Å². The minimum absolute atomic E-state index is 0.0213. The van der Waals surface area contributed by atoms with E-state index in [1.807, 2.05) is 13.8 Å². The molecule has 0 aromatic heterocycles. The highest BCUT2D eigenvalue weighted by Crippen LogP contribution is 2.21. The zero-order valence-corrected chi connectivity index (χ0v) is 11.8. The number of amides is 1. The quantitative estimate of drug-likeness (QED) is 0.591. The molecular formula is C14H21N3O3. The van der Waals surface area contributed by atoms with Crippen molar-refractivity contribution in [3.8, 4) is 0 Å². The molecule has 0 saturated carbocycles. The van der Waals surface area contributed by atoms with E-state index in [2.05, 4.69) is 5.32 Å². The third-order valence-corrected chi connectivity index (χ3v) is 3.14. The summed E-state index contributed by atoms with van der Waals surface area (Å²) < 4.78 is 0. The highest BCUT2D eigenvalue weighted by Gasteiger charge is 2.19. The number of nitro groups is 1. The number of rotatable bonds is 7. The minimum atomic E-state index is -0.534. The molecule has 1 aromatic carbocycles. The van der Waals surface area contributed by atoms with Crippen LogP contribution in [0.4, 0.5) is 5.69 Å². The van der Waals surface area contributed by atoms with Crippen molar-refractivity contribution < 1.29 is 9.72 Å². The molecule has 2 unspecified atom stereocenters. The fourth-order valence-electron chi connectivity index (χ4n) is 2.00. The van der Waals surface area contributed by atoms with Gasteiger partial charge in [0.15, 0.2) is 0 Å². The maximum Gasteiger partial charge on any atom is 0.269 e. The number of hydrogen-bond acceptors (Lipinski definition) is 4. The molecule has 0 bridgehead atoms. The predicted molar refractivity (Wildman–Crippen MR) is 77.2 cm³/mol. The molecule has 0 spiro atoms. The van der Waals surface area contributed by atoms with Crippen molar-refractivity contribution in [1.82, 2.24) is 5.32 Å². The van der Waals surface area contributed by atoms with E-state index in [0.29, 0.717) is 12.8 Å². The maximum atomic E-state index is 11.9. The highest BCUT2D eigenvalue weighted by atomic mass is 16.6. The van der Waals surface area contributed by atoms with Crippen LogP contribution in [0, 0.1) is 10.1 Å². The molecule has 2 atom stereocenters. The van der Waals surface area contributed by atoms with Gasteiger partial charge in [0.05, 0.1) is 17.0 Å². The summed E-state index contributed by atoms with van der Waals surface area (Å²) in [6, 6.07) is 5.51. The number of carbonyl (C=O) groups excluding carboxylic acids is 1. The maximum absolute atomic E-state index is 11.9. The van der Waals surface area contributed by atoms with Gasteiger partial charge in [-0.05, 0) is 18.4 Å². The van der Waals surface area contributed by atoms with Crippen molar-refractivity contribution in [3.05, 3.63) is 39.9 Å². The number of hydrogen-bond donors (Lipinski definition) is 2. The third-order valence-electron chi connectivity index (χ3n) is 3.14. The van der Waals surface area contributed by atoms with Gasteiger partial charge in [0, 0.05) is 12.1 Å². The molecule has 0 aliphatic heterocycles. The lowest BCUT2D eigenvalue weighted by molar-refractivity contribution is -0.384. The number of nitrogens with one attached hydrogen (secondary N) is 1. The topological polar surface area (TPSA) is 98.3 Å². The van der Waals surface area contributed by atoms with Crippen molar-refractivity contribution in [3.63, 3.8) is 0 Å². The van der Waals surface area contributed by atoms with Crippen molar-refractivity contribution in [2.45, 2.75) is 45.2 Å². The van der Waals surface area contributed by atoms with Crippen LogP contribution in [0.3, 0.4) is 0 Å². The van der Waals surface area contributed by atoms with Crippen LogP contribution in [0.15, 0.2) is 24.3 Å². The van der Waals surface area contributed by atoms with Crippen molar-refractivity contribution >= 4 is 11.6 Å². The number of nitrogens with zero attached hydrogens (tertiary/aromatic N) is 1. The van der Waals surface area contributed by atoms with Crippen LogP contribution in [-0.2, 0) is 4.79 Å². The van der Waals surface area contributed by atoms with E-state index in [0.717, 1.165) is 12.0 Å². The monoisotopic (exact) mass is 279 g/mol. The zero-order valence-electron chi connectivity index (χ0n) is 11.8. The Bertz CT molecular complexity index is 476. The molecule has 20 heavy (non-hydrogen) atoms. The number of benzene rings is 1. The minimum Gasteiger partial charge on any atom is -0.348 e. The second-order valence-corrected chi connectivity index (χ2v) is 4.72. The SMILES string of the molecule is CCCC(N)C(=O)NC(CC)c1cccc([N+](=O)[O-])c1. The fraction of sp³-hybridized carbons (Fsp3) is 0.500. The average molecular weight is 279 g/mol. The third kappa shape index (κ3) is 4.31. The van der Waals surface area contributed by atoms with Crippen molar-refractivity contribution in [2.75, 3.05) is 0 Å². The predicted octanol–water partition coefficient (Wildman–Crippen LogP) is 2.29. The van der Waals surface area contributed by atoms with Crippen LogP contribution >= 0.6 is 0 Å². The molecule has 1 amide bonds. The number of carbonyl (C=O) groups is 1. The molecule has 3 N–H and O–H groups in total. The Morgan fingerprint density at radius 1 is 1.45 bits per heavy atom. The number of nitrogens with two attached hydrogens (primary N) is 1. The van der Waals surface area contributed by atoms with Gasteiger partial charge in [-0.2, -0.15) is 0 Å². The van der Waals surface area contributed by atoms with Crippen LogP contribution in [0.2, 0.25) is 0 Å². The molecule has 0 heterocycles. The highest BCUT2D eigenvalue weighted by molar-refractivity contribution is 5.81. The molecular weight excluding hydrogens is 258 g/mol. The van der Waals surface area contributed by atoms with Gasteiger partial charge >= 0.3 is 0 Å². The average Bonchev–Trinajstić information content (AvgIpc) is 2.44. The normalized spacial score (nSPS) is 13.6. The van der Waals surface area contributed by atoms with E-state index in [1.165, 1.54) is 12.1 Å². The zero-order chi connectivity index (χ0) is 15.1. The summed E-state index contributed by atoms with van der Waals surface area (Å²) in [6.07, 6.45) is 2.10. The molecule has 0 aliphatic rings. The van der Waals surface area contributed by atoms with Crippen molar-refractivity contribution in [1.29, 1.82) is 0 Å². The molecule has 6 heteroatoms. The van der Waals surface area contributed by atoms with Crippen LogP contribution in [0.1, 0.15) is 44.7 Å². The van der Waals surface area contributed by atoms with E-state index in [4.69, 9.17) is 5.73 Å². The summed E-state index contributed by atoms with van der Waals surface area (Å²) in [5, 5.41) is 13.6. The van der Waals surface area contributed by atoms with Gasteiger partial charge in [-0.3, -0.25) is 14.9 Å². The van der Waals surface area contributed by atoms with E-state index in [1.54, 1.807) is 12.1 Å². The number of nitro benzene ring substituents is 1. The first-order valence-electron chi connectivity index (χ1n) is 6.79. The summed E-state index contributed by atoms with van der Waals surface area (Å²) in [6.45, 7) is 3.88. The van der Waals surface area contributed by atoms with Gasteiger partial charge in [0.1, 0.15) is 0 Å². The Balaban J connectivity index is 2.83. The molecule has 110 valence electrons.